The molecule has 0 aliphatic heterocycles. The first-order valence-corrected chi connectivity index (χ1v) is 7.11. The van der Waals surface area contributed by atoms with Crippen LogP contribution < -0.4 is 18.9 Å². The largest absolute Gasteiger partial charge is 0.496 e. The Bertz CT molecular complexity index is 672. The molecule has 122 valence electrons. The molecule has 0 fully saturated rings. The van der Waals surface area contributed by atoms with E-state index in [1.807, 2.05) is 0 Å². The molecule has 0 aliphatic rings. The first-order chi connectivity index (χ1) is 11.1. The molecule has 0 unspecified atom stereocenters. The molecule has 0 heterocycles. The number of Topliss-reactive ketones (excluding diaryl/α,β-unsaturated/α-hetero) is 1. The topological polar surface area (TPSA) is 54.0 Å². The molecule has 2 aromatic rings. The minimum absolute atomic E-state index is 0.00282. The Morgan fingerprint density at radius 2 is 1.48 bits per heavy atom. The fraction of sp³-hybridized carbons (Fsp3) is 0.278. The number of ketones is 1. The lowest BCUT2D eigenvalue weighted by atomic mass is 10.1. The van der Waals surface area contributed by atoms with Gasteiger partial charge in [0.15, 0.2) is 5.78 Å². The van der Waals surface area contributed by atoms with E-state index in [1.54, 1.807) is 57.7 Å². The summed E-state index contributed by atoms with van der Waals surface area (Å²) in [4.78, 5) is 11.5. The molecule has 0 aromatic heterocycles. The second-order valence-electron chi connectivity index (χ2n) is 4.92. The number of carbonyl (C=O) groups is 1. The lowest BCUT2D eigenvalue weighted by Crippen LogP contribution is -2.02. The van der Waals surface area contributed by atoms with Crippen LogP contribution in [0.1, 0.15) is 22.8 Å². The normalized spacial score (nSPS) is 10.1. The third kappa shape index (κ3) is 4.16. The maximum absolute atomic E-state index is 11.5. The zero-order valence-electron chi connectivity index (χ0n) is 13.7. The van der Waals surface area contributed by atoms with Crippen LogP contribution in [-0.4, -0.2) is 27.1 Å². The van der Waals surface area contributed by atoms with Crippen LogP contribution >= 0.6 is 0 Å². The summed E-state index contributed by atoms with van der Waals surface area (Å²) in [5, 5.41) is 0. The maximum Gasteiger partial charge on any atom is 0.159 e. The maximum atomic E-state index is 11.5. The highest BCUT2D eigenvalue weighted by Gasteiger charge is 2.09. The van der Waals surface area contributed by atoms with Gasteiger partial charge in [0.25, 0.3) is 0 Å². The molecule has 0 amide bonds. The van der Waals surface area contributed by atoms with Crippen LogP contribution in [0.25, 0.3) is 0 Å². The Hall–Kier alpha value is -2.69. The summed E-state index contributed by atoms with van der Waals surface area (Å²) < 4.78 is 21.6. The molecule has 0 radical (unpaired) electrons. The van der Waals surface area contributed by atoms with Gasteiger partial charge in [0.1, 0.15) is 29.6 Å². The number of rotatable bonds is 7. The summed E-state index contributed by atoms with van der Waals surface area (Å²) in [7, 11) is 4.75. The molecular formula is C18H20O5. The lowest BCUT2D eigenvalue weighted by Gasteiger charge is -2.13. The number of hydrogen-bond donors (Lipinski definition) is 0. The first-order valence-electron chi connectivity index (χ1n) is 7.11. The third-order valence-electron chi connectivity index (χ3n) is 3.41. The standard InChI is InChI=1S/C18H20O5/c1-12(19)13-5-6-18(22-4)14(7-13)11-23-17-9-15(20-2)8-16(10-17)21-3/h5-10H,11H2,1-4H3. The van der Waals surface area contributed by atoms with Crippen LogP contribution in [0.3, 0.4) is 0 Å². The number of ether oxygens (including phenoxy) is 4. The fourth-order valence-electron chi connectivity index (χ4n) is 2.14. The zero-order valence-corrected chi connectivity index (χ0v) is 13.7. The van der Waals surface area contributed by atoms with Gasteiger partial charge in [0.05, 0.1) is 21.3 Å². The lowest BCUT2D eigenvalue weighted by molar-refractivity contribution is 0.101. The number of carbonyl (C=O) groups excluding carboxylic acids is 1. The van der Waals surface area contributed by atoms with Crippen LogP contribution in [0, 0.1) is 0 Å². The van der Waals surface area contributed by atoms with E-state index in [9.17, 15) is 4.79 Å². The molecule has 0 N–H and O–H groups in total. The smallest absolute Gasteiger partial charge is 0.159 e. The van der Waals surface area contributed by atoms with E-state index in [2.05, 4.69) is 0 Å². The number of benzene rings is 2. The van der Waals surface area contributed by atoms with Crippen molar-refractivity contribution in [3.05, 3.63) is 47.5 Å². The Balaban J connectivity index is 2.23. The second kappa shape index (κ2) is 7.54. The van der Waals surface area contributed by atoms with Crippen molar-refractivity contribution in [3.63, 3.8) is 0 Å². The van der Waals surface area contributed by atoms with Gasteiger partial charge in [0, 0.05) is 29.3 Å². The Morgan fingerprint density at radius 1 is 0.870 bits per heavy atom. The van der Waals surface area contributed by atoms with Crippen LogP contribution in [0.2, 0.25) is 0 Å². The van der Waals surface area contributed by atoms with E-state index < -0.39 is 0 Å². The molecule has 2 aromatic carbocycles. The highest BCUT2D eigenvalue weighted by Crippen LogP contribution is 2.29. The molecule has 0 bridgehead atoms. The summed E-state index contributed by atoms with van der Waals surface area (Å²) in [5.74, 6) is 2.56. The zero-order chi connectivity index (χ0) is 16.8. The van der Waals surface area contributed by atoms with Crippen LogP contribution in [0.15, 0.2) is 36.4 Å². The average Bonchev–Trinajstić information content (AvgIpc) is 2.59. The summed E-state index contributed by atoms with van der Waals surface area (Å²) in [5.41, 5.74) is 1.41. The van der Waals surface area contributed by atoms with Crippen molar-refractivity contribution in [2.24, 2.45) is 0 Å². The summed E-state index contributed by atoms with van der Waals surface area (Å²) in [6.45, 7) is 1.79. The molecule has 0 aliphatic carbocycles. The quantitative estimate of drug-likeness (QED) is 0.732. The van der Waals surface area contributed by atoms with E-state index in [0.717, 1.165) is 5.56 Å². The van der Waals surface area contributed by atoms with Gasteiger partial charge >= 0.3 is 0 Å². The highest BCUT2D eigenvalue weighted by atomic mass is 16.5. The van der Waals surface area contributed by atoms with Crippen molar-refractivity contribution in [2.75, 3.05) is 21.3 Å². The highest BCUT2D eigenvalue weighted by molar-refractivity contribution is 5.94. The summed E-state index contributed by atoms with van der Waals surface area (Å²) in [6.07, 6.45) is 0. The van der Waals surface area contributed by atoms with Gasteiger partial charge in [-0.2, -0.15) is 0 Å². The van der Waals surface area contributed by atoms with Gasteiger partial charge < -0.3 is 18.9 Å². The summed E-state index contributed by atoms with van der Waals surface area (Å²) in [6, 6.07) is 10.6. The average molecular weight is 316 g/mol. The molecule has 0 saturated carbocycles. The van der Waals surface area contributed by atoms with Gasteiger partial charge in [-0.25, -0.2) is 0 Å². The van der Waals surface area contributed by atoms with Crippen molar-refractivity contribution in [3.8, 4) is 23.0 Å². The Kier molecular flexibility index (Phi) is 5.46. The monoisotopic (exact) mass is 316 g/mol. The van der Waals surface area contributed by atoms with Crippen LogP contribution in [-0.2, 0) is 6.61 Å². The number of hydrogen-bond acceptors (Lipinski definition) is 5. The van der Waals surface area contributed by atoms with Crippen molar-refractivity contribution in [2.45, 2.75) is 13.5 Å². The molecule has 2 rings (SSSR count). The summed E-state index contributed by atoms with van der Waals surface area (Å²) >= 11 is 0. The van der Waals surface area contributed by atoms with E-state index in [0.29, 0.717) is 28.6 Å². The van der Waals surface area contributed by atoms with Gasteiger partial charge in [0.2, 0.25) is 0 Å². The predicted octanol–water partition coefficient (Wildman–Crippen LogP) is 3.49. The molecule has 23 heavy (non-hydrogen) atoms. The Morgan fingerprint density at radius 3 is 2.00 bits per heavy atom. The van der Waals surface area contributed by atoms with E-state index >= 15 is 0 Å². The van der Waals surface area contributed by atoms with Crippen LogP contribution in [0.4, 0.5) is 0 Å². The van der Waals surface area contributed by atoms with Crippen molar-refractivity contribution < 1.29 is 23.7 Å². The van der Waals surface area contributed by atoms with Gasteiger partial charge in [-0.15, -0.1) is 0 Å². The molecule has 5 heteroatoms. The molecule has 0 atom stereocenters. The van der Waals surface area contributed by atoms with E-state index in [4.69, 9.17) is 18.9 Å². The minimum atomic E-state index is -0.00282. The van der Waals surface area contributed by atoms with Crippen molar-refractivity contribution in [1.82, 2.24) is 0 Å². The minimum Gasteiger partial charge on any atom is -0.496 e. The predicted molar refractivity (Wildman–Crippen MR) is 86.9 cm³/mol. The van der Waals surface area contributed by atoms with Crippen molar-refractivity contribution in [1.29, 1.82) is 0 Å². The Labute approximate surface area is 135 Å². The molecule has 0 spiro atoms. The van der Waals surface area contributed by atoms with Gasteiger partial charge in [-0.1, -0.05) is 0 Å². The van der Waals surface area contributed by atoms with Crippen molar-refractivity contribution >= 4 is 5.78 Å². The SMILES string of the molecule is COc1cc(OC)cc(OCc2cc(C(C)=O)ccc2OC)c1. The van der Waals surface area contributed by atoms with E-state index in [1.165, 1.54) is 6.92 Å². The van der Waals surface area contributed by atoms with Gasteiger partial charge in [-0.3, -0.25) is 4.79 Å². The second-order valence-corrected chi connectivity index (χ2v) is 4.92. The van der Waals surface area contributed by atoms with Gasteiger partial charge in [-0.05, 0) is 25.1 Å². The first kappa shape index (κ1) is 16.7. The third-order valence-corrected chi connectivity index (χ3v) is 3.41. The number of methoxy groups -OCH3 is 3. The van der Waals surface area contributed by atoms with E-state index in [-0.39, 0.29) is 12.4 Å². The molecular weight excluding hydrogens is 296 g/mol. The van der Waals surface area contributed by atoms with Crippen LogP contribution in [0.5, 0.6) is 23.0 Å². The molecule has 0 saturated heterocycles. The fourth-order valence-corrected chi connectivity index (χ4v) is 2.14. The molecule has 5 nitrogen and oxygen atoms in total.